The van der Waals surface area contributed by atoms with E-state index in [-0.39, 0.29) is 6.61 Å². The Morgan fingerprint density at radius 1 is 1.44 bits per heavy atom. The van der Waals surface area contributed by atoms with Gasteiger partial charge in [-0.05, 0) is 19.1 Å². The Morgan fingerprint density at radius 2 is 2.22 bits per heavy atom. The van der Waals surface area contributed by atoms with E-state index in [2.05, 4.69) is 0 Å². The summed E-state index contributed by atoms with van der Waals surface area (Å²) < 4.78 is 5.23. The average Bonchev–Trinajstić information content (AvgIpc) is 2.39. The SMILES string of the molecule is CCN(CCOCCO)c1cccc(Cl)c1C=O. The Balaban J connectivity index is 2.75. The number of carbonyl (C=O) groups is 1. The van der Waals surface area contributed by atoms with Gasteiger partial charge >= 0.3 is 0 Å². The van der Waals surface area contributed by atoms with Gasteiger partial charge in [-0.2, -0.15) is 0 Å². The second kappa shape index (κ2) is 8.08. The number of hydrogen-bond acceptors (Lipinski definition) is 4. The first-order chi connectivity index (χ1) is 8.74. The summed E-state index contributed by atoms with van der Waals surface area (Å²) >= 11 is 5.99. The van der Waals surface area contributed by atoms with Crippen molar-refractivity contribution in [3.05, 3.63) is 28.8 Å². The molecule has 1 aromatic carbocycles. The number of hydrogen-bond donors (Lipinski definition) is 1. The molecule has 0 aliphatic carbocycles. The number of rotatable bonds is 8. The van der Waals surface area contributed by atoms with Crippen LogP contribution in [0.25, 0.3) is 0 Å². The number of benzene rings is 1. The maximum absolute atomic E-state index is 11.1. The third-order valence-electron chi connectivity index (χ3n) is 2.61. The predicted octanol–water partition coefficient (Wildman–Crippen LogP) is 1.99. The molecule has 1 N–H and O–H groups in total. The summed E-state index contributed by atoms with van der Waals surface area (Å²) in [5, 5.41) is 9.08. The highest BCUT2D eigenvalue weighted by atomic mass is 35.5. The van der Waals surface area contributed by atoms with Crippen LogP contribution in [-0.2, 0) is 4.74 Å². The molecular formula is C13H18ClNO3. The molecule has 0 unspecified atom stereocenters. The van der Waals surface area contributed by atoms with Crippen LogP contribution < -0.4 is 4.90 Å². The van der Waals surface area contributed by atoms with Gasteiger partial charge < -0.3 is 14.7 Å². The highest BCUT2D eigenvalue weighted by Crippen LogP contribution is 2.25. The highest BCUT2D eigenvalue weighted by molar-refractivity contribution is 6.33. The maximum atomic E-state index is 11.1. The molecule has 0 saturated heterocycles. The molecule has 0 aliphatic rings. The average molecular weight is 272 g/mol. The zero-order chi connectivity index (χ0) is 13.4. The molecule has 4 nitrogen and oxygen atoms in total. The molecule has 0 saturated carbocycles. The summed E-state index contributed by atoms with van der Waals surface area (Å²) in [6, 6.07) is 5.39. The van der Waals surface area contributed by atoms with Crippen LogP contribution in [0.5, 0.6) is 0 Å². The quantitative estimate of drug-likeness (QED) is 0.580. The molecule has 100 valence electrons. The van der Waals surface area contributed by atoms with Gasteiger partial charge in [0.15, 0.2) is 6.29 Å². The van der Waals surface area contributed by atoms with E-state index >= 15 is 0 Å². The summed E-state index contributed by atoms with van der Waals surface area (Å²) in [5.74, 6) is 0. The van der Waals surface area contributed by atoms with Gasteiger partial charge in [-0.1, -0.05) is 17.7 Å². The molecule has 0 heterocycles. The number of aliphatic hydroxyl groups is 1. The van der Waals surface area contributed by atoms with Crippen LogP contribution in [0, 0.1) is 0 Å². The minimum atomic E-state index is 0.0167. The van der Waals surface area contributed by atoms with E-state index < -0.39 is 0 Å². The summed E-state index contributed by atoms with van der Waals surface area (Å²) in [6.07, 6.45) is 0.773. The summed E-state index contributed by atoms with van der Waals surface area (Å²) in [6.45, 7) is 4.25. The fourth-order valence-electron chi connectivity index (χ4n) is 1.71. The zero-order valence-electron chi connectivity index (χ0n) is 10.4. The molecule has 0 amide bonds. The lowest BCUT2D eigenvalue weighted by atomic mass is 10.1. The van der Waals surface area contributed by atoms with Gasteiger partial charge in [0, 0.05) is 18.8 Å². The van der Waals surface area contributed by atoms with Crippen LogP contribution in [0.15, 0.2) is 18.2 Å². The normalized spacial score (nSPS) is 10.4. The van der Waals surface area contributed by atoms with Crippen LogP contribution in [0.2, 0.25) is 5.02 Å². The van der Waals surface area contributed by atoms with Crippen molar-refractivity contribution in [2.24, 2.45) is 0 Å². The minimum Gasteiger partial charge on any atom is -0.394 e. The fraction of sp³-hybridized carbons (Fsp3) is 0.462. The number of halogens is 1. The molecule has 0 aromatic heterocycles. The molecular weight excluding hydrogens is 254 g/mol. The Bertz CT molecular complexity index is 384. The molecule has 0 atom stereocenters. The predicted molar refractivity (Wildman–Crippen MR) is 72.6 cm³/mol. The molecule has 18 heavy (non-hydrogen) atoms. The third kappa shape index (κ3) is 3.98. The first-order valence-corrected chi connectivity index (χ1v) is 6.29. The topological polar surface area (TPSA) is 49.8 Å². The third-order valence-corrected chi connectivity index (χ3v) is 2.94. The summed E-state index contributed by atoms with van der Waals surface area (Å²) in [7, 11) is 0. The molecule has 1 rings (SSSR count). The van der Waals surface area contributed by atoms with Crippen molar-refractivity contribution >= 4 is 23.6 Å². The molecule has 0 spiro atoms. The fourth-order valence-corrected chi connectivity index (χ4v) is 1.92. The van der Waals surface area contributed by atoms with E-state index in [4.69, 9.17) is 21.4 Å². The monoisotopic (exact) mass is 271 g/mol. The van der Waals surface area contributed by atoms with Gasteiger partial charge in [0.2, 0.25) is 0 Å². The number of ether oxygens (including phenoxy) is 1. The highest BCUT2D eigenvalue weighted by Gasteiger charge is 2.11. The Kier molecular flexibility index (Phi) is 6.72. The number of likely N-dealkylation sites (N-methyl/N-ethyl adjacent to an activating group) is 1. The van der Waals surface area contributed by atoms with Crippen LogP contribution in [0.4, 0.5) is 5.69 Å². The molecule has 0 aliphatic heterocycles. The second-order valence-corrected chi connectivity index (χ2v) is 4.11. The Labute approximate surface area is 112 Å². The van der Waals surface area contributed by atoms with Crippen molar-refractivity contribution in [3.63, 3.8) is 0 Å². The van der Waals surface area contributed by atoms with E-state index in [0.717, 1.165) is 18.5 Å². The van der Waals surface area contributed by atoms with Crippen molar-refractivity contribution in [1.29, 1.82) is 0 Å². The maximum Gasteiger partial charge on any atom is 0.153 e. The lowest BCUT2D eigenvalue weighted by molar-refractivity contribution is 0.0967. The van der Waals surface area contributed by atoms with Crippen molar-refractivity contribution in [2.75, 3.05) is 37.8 Å². The van der Waals surface area contributed by atoms with Gasteiger partial charge in [-0.3, -0.25) is 4.79 Å². The Morgan fingerprint density at radius 3 is 2.83 bits per heavy atom. The number of aldehydes is 1. The van der Waals surface area contributed by atoms with Crippen molar-refractivity contribution in [1.82, 2.24) is 0 Å². The Hall–Kier alpha value is -1.10. The van der Waals surface area contributed by atoms with E-state index in [1.54, 1.807) is 6.07 Å². The molecule has 0 radical (unpaired) electrons. The number of carbonyl (C=O) groups excluding carboxylic acids is 1. The molecule has 0 bridgehead atoms. The first-order valence-electron chi connectivity index (χ1n) is 5.91. The van der Waals surface area contributed by atoms with E-state index in [9.17, 15) is 4.79 Å². The van der Waals surface area contributed by atoms with Crippen molar-refractivity contribution in [3.8, 4) is 0 Å². The smallest absolute Gasteiger partial charge is 0.153 e. The zero-order valence-corrected chi connectivity index (χ0v) is 11.2. The summed E-state index contributed by atoms with van der Waals surface area (Å²) in [4.78, 5) is 13.1. The van der Waals surface area contributed by atoms with Crippen molar-refractivity contribution < 1.29 is 14.6 Å². The van der Waals surface area contributed by atoms with Gasteiger partial charge in [-0.15, -0.1) is 0 Å². The van der Waals surface area contributed by atoms with Gasteiger partial charge in [0.1, 0.15) is 0 Å². The van der Waals surface area contributed by atoms with Crippen LogP contribution in [0.3, 0.4) is 0 Å². The van der Waals surface area contributed by atoms with Crippen LogP contribution in [0.1, 0.15) is 17.3 Å². The van der Waals surface area contributed by atoms with E-state index in [0.29, 0.717) is 30.3 Å². The van der Waals surface area contributed by atoms with Crippen molar-refractivity contribution in [2.45, 2.75) is 6.92 Å². The number of anilines is 1. The lowest BCUT2D eigenvalue weighted by Gasteiger charge is -2.24. The second-order valence-electron chi connectivity index (χ2n) is 3.71. The minimum absolute atomic E-state index is 0.0167. The molecule has 0 fully saturated rings. The van der Waals surface area contributed by atoms with E-state index in [1.165, 1.54) is 0 Å². The standard InChI is InChI=1S/C13H18ClNO3/c1-2-15(6-8-18-9-7-16)13-5-3-4-12(14)11(13)10-17/h3-5,10,16H,2,6-9H2,1H3. The van der Waals surface area contributed by atoms with Crippen LogP contribution in [-0.4, -0.2) is 44.3 Å². The largest absolute Gasteiger partial charge is 0.394 e. The number of aliphatic hydroxyl groups excluding tert-OH is 1. The summed E-state index contributed by atoms with van der Waals surface area (Å²) in [5.41, 5.74) is 1.32. The number of nitrogens with zero attached hydrogens (tertiary/aromatic N) is 1. The molecule has 1 aromatic rings. The van der Waals surface area contributed by atoms with Crippen LogP contribution >= 0.6 is 11.6 Å². The van der Waals surface area contributed by atoms with Gasteiger partial charge in [-0.25, -0.2) is 0 Å². The molecule has 5 heteroatoms. The van der Waals surface area contributed by atoms with Gasteiger partial charge in [0.25, 0.3) is 0 Å². The lowest BCUT2D eigenvalue weighted by Crippen LogP contribution is -2.28. The van der Waals surface area contributed by atoms with Gasteiger partial charge in [0.05, 0.1) is 30.4 Å². The van der Waals surface area contributed by atoms with E-state index in [1.807, 2.05) is 24.0 Å². The first kappa shape index (κ1) is 15.0.